The molecule has 0 aliphatic rings. The third kappa shape index (κ3) is 8.88. The SMILES string of the molecule is C=C\C=C/C(=C\C)C(/C)=N/C(c1ccc(-c2cc(/C(C=C)=C/c3ccccc3C)cc(/C(C=C)=C/c3ccccc3C)c2)cc1)=c1/ccccc1=C. The van der Waals surface area contributed by atoms with Gasteiger partial charge >= 0.3 is 0 Å². The highest BCUT2D eigenvalue weighted by atomic mass is 14.8. The molecule has 5 rings (SSSR count). The molecule has 52 heavy (non-hydrogen) atoms. The number of allylic oxidation sites excluding steroid dienone is 9. The zero-order valence-electron chi connectivity index (χ0n) is 30.9. The van der Waals surface area contributed by atoms with Gasteiger partial charge in [-0.15, -0.1) is 0 Å². The third-order valence-corrected chi connectivity index (χ3v) is 9.22. The van der Waals surface area contributed by atoms with E-state index in [1.807, 2.05) is 56.4 Å². The molecule has 0 saturated carbocycles. The lowest BCUT2D eigenvalue weighted by Gasteiger charge is -2.14. The molecule has 1 nitrogen and oxygen atoms in total. The first-order valence-corrected chi connectivity index (χ1v) is 17.6. The molecule has 0 unspecified atom stereocenters. The van der Waals surface area contributed by atoms with Crippen molar-refractivity contribution in [2.24, 2.45) is 4.99 Å². The maximum atomic E-state index is 5.20. The van der Waals surface area contributed by atoms with Crippen molar-refractivity contribution in [2.75, 3.05) is 0 Å². The number of aryl methyl sites for hydroxylation is 2. The van der Waals surface area contributed by atoms with Crippen molar-refractivity contribution < 1.29 is 0 Å². The van der Waals surface area contributed by atoms with E-state index >= 15 is 0 Å². The molecule has 0 aromatic heterocycles. The van der Waals surface area contributed by atoms with E-state index in [0.717, 1.165) is 66.4 Å². The monoisotopic (exact) mass is 673 g/mol. The molecule has 256 valence electrons. The van der Waals surface area contributed by atoms with E-state index in [9.17, 15) is 0 Å². The molecule has 0 heterocycles. The van der Waals surface area contributed by atoms with Crippen LogP contribution in [0.25, 0.3) is 46.7 Å². The Labute approximate surface area is 310 Å². The highest BCUT2D eigenvalue weighted by Gasteiger charge is 2.11. The fourth-order valence-electron chi connectivity index (χ4n) is 6.16. The third-order valence-electron chi connectivity index (χ3n) is 9.22. The predicted octanol–water partition coefficient (Wildman–Crippen LogP) is 12.1. The molecule has 0 N–H and O–H groups in total. The highest BCUT2D eigenvalue weighted by molar-refractivity contribution is 6.03. The molecule has 0 bridgehead atoms. The van der Waals surface area contributed by atoms with Crippen molar-refractivity contribution in [3.05, 3.63) is 226 Å². The van der Waals surface area contributed by atoms with Crippen molar-refractivity contribution >= 4 is 41.3 Å². The van der Waals surface area contributed by atoms with Crippen LogP contribution in [0.1, 0.15) is 52.8 Å². The van der Waals surface area contributed by atoms with E-state index in [0.29, 0.717) is 0 Å². The molecule has 0 aliphatic carbocycles. The minimum Gasteiger partial charge on any atom is -0.252 e. The number of aliphatic imine (C=N–C) groups is 1. The largest absolute Gasteiger partial charge is 0.252 e. The van der Waals surface area contributed by atoms with E-state index in [1.54, 1.807) is 6.08 Å². The minimum atomic E-state index is 0.876. The van der Waals surface area contributed by atoms with Gasteiger partial charge in [0.25, 0.3) is 0 Å². The van der Waals surface area contributed by atoms with Gasteiger partial charge in [0.1, 0.15) is 0 Å². The van der Waals surface area contributed by atoms with Crippen LogP contribution in [0.5, 0.6) is 0 Å². The normalized spacial score (nSPS) is 13.2. The fraction of sp³-hybridized carbons (Fsp3) is 0.0784. The van der Waals surface area contributed by atoms with Crippen LogP contribution in [0, 0.1) is 13.8 Å². The van der Waals surface area contributed by atoms with Crippen LogP contribution in [0.15, 0.2) is 182 Å². The van der Waals surface area contributed by atoms with Crippen molar-refractivity contribution in [2.45, 2.75) is 27.7 Å². The van der Waals surface area contributed by atoms with E-state index in [2.05, 4.69) is 155 Å². The molecule has 0 amide bonds. The summed E-state index contributed by atoms with van der Waals surface area (Å²) in [6, 6.07) is 40.4. The second-order valence-electron chi connectivity index (χ2n) is 12.7. The summed E-state index contributed by atoms with van der Waals surface area (Å²) in [4.78, 5) is 5.20. The molecule has 1 heteroatoms. The number of hydrogen-bond acceptors (Lipinski definition) is 1. The molecule has 0 spiro atoms. The summed E-state index contributed by atoms with van der Waals surface area (Å²) < 4.78 is 0. The molecule has 0 radical (unpaired) electrons. The van der Waals surface area contributed by atoms with Gasteiger partial charge in [0.2, 0.25) is 0 Å². The van der Waals surface area contributed by atoms with Gasteiger partial charge < -0.3 is 0 Å². The molecule has 5 aromatic rings. The number of rotatable bonds is 12. The average molecular weight is 674 g/mol. The first-order chi connectivity index (χ1) is 25.3. The van der Waals surface area contributed by atoms with E-state index in [-0.39, 0.29) is 0 Å². The maximum absolute atomic E-state index is 5.20. The van der Waals surface area contributed by atoms with Crippen LogP contribution in [0.2, 0.25) is 0 Å². The molecular weight excluding hydrogens is 627 g/mol. The Kier molecular flexibility index (Phi) is 12.5. The summed E-state index contributed by atoms with van der Waals surface area (Å²) in [7, 11) is 0. The summed E-state index contributed by atoms with van der Waals surface area (Å²) in [5.74, 6) is 0. The van der Waals surface area contributed by atoms with Gasteiger partial charge in [-0.25, -0.2) is 0 Å². The Hall–Kier alpha value is -6.31. The Morgan fingerprint density at radius 1 is 0.615 bits per heavy atom. The average Bonchev–Trinajstić information content (AvgIpc) is 3.17. The fourth-order valence-corrected chi connectivity index (χ4v) is 6.16. The van der Waals surface area contributed by atoms with E-state index in [4.69, 9.17) is 4.99 Å². The minimum absolute atomic E-state index is 0.876. The van der Waals surface area contributed by atoms with Crippen molar-refractivity contribution in [3.8, 4) is 11.1 Å². The predicted molar refractivity (Wildman–Crippen MR) is 230 cm³/mol. The van der Waals surface area contributed by atoms with Gasteiger partial charge in [0.05, 0.1) is 5.70 Å². The summed E-state index contributed by atoms with van der Waals surface area (Å²) in [6.45, 7) is 25.0. The van der Waals surface area contributed by atoms with Crippen LogP contribution >= 0.6 is 0 Å². The molecule has 0 atom stereocenters. The quantitative estimate of drug-likeness (QED) is 0.0710. The first kappa shape index (κ1) is 37.0. The zero-order valence-corrected chi connectivity index (χ0v) is 30.9. The van der Waals surface area contributed by atoms with Crippen LogP contribution < -0.4 is 10.4 Å². The molecule has 0 saturated heterocycles. The molecule has 0 aliphatic heterocycles. The van der Waals surface area contributed by atoms with Gasteiger partial charge in [0, 0.05) is 16.5 Å². The Balaban J connectivity index is 1.69. The van der Waals surface area contributed by atoms with Gasteiger partial charge in [-0.1, -0.05) is 160 Å². The smallest absolute Gasteiger partial charge is 0.0783 e. The summed E-state index contributed by atoms with van der Waals surface area (Å²) >= 11 is 0. The Bertz CT molecular complexity index is 2300. The van der Waals surface area contributed by atoms with Gasteiger partial charge in [0.15, 0.2) is 0 Å². The van der Waals surface area contributed by atoms with Crippen molar-refractivity contribution in [1.29, 1.82) is 0 Å². The summed E-state index contributed by atoms with van der Waals surface area (Å²) in [5.41, 5.74) is 15.0. The second-order valence-corrected chi connectivity index (χ2v) is 12.7. The van der Waals surface area contributed by atoms with Crippen LogP contribution in [-0.2, 0) is 0 Å². The first-order valence-electron chi connectivity index (χ1n) is 17.6. The topological polar surface area (TPSA) is 12.4 Å². The standard InChI is InChI=1S/C51H47N/c1-9-13-23-40(10-2)39(8)52-51(50-26-19-16-22-38(50)7)44-29-27-43(28-30-44)49-34-47(41(11-3)31-45-24-17-14-20-36(45)5)33-48(35-49)42(12-4)32-46-25-18-15-21-37(46)6/h9-35H,1,3-4,7H2,2,5-6,8H3/b23-13-,40-10+,41-31+,42-32+,51-50-,52-39+. The number of nitrogens with zero attached hydrogens (tertiary/aromatic N) is 1. The maximum Gasteiger partial charge on any atom is 0.0783 e. The van der Waals surface area contributed by atoms with Crippen LogP contribution in [0.3, 0.4) is 0 Å². The molecular formula is C51H47N. The Morgan fingerprint density at radius 2 is 1.15 bits per heavy atom. The van der Waals surface area contributed by atoms with Crippen LogP contribution in [-0.4, -0.2) is 5.71 Å². The summed E-state index contributed by atoms with van der Waals surface area (Å²) in [5, 5.41) is 1.92. The van der Waals surface area contributed by atoms with E-state index in [1.165, 1.54) is 22.3 Å². The lowest BCUT2D eigenvalue weighted by Crippen LogP contribution is -2.25. The second kappa shape index (κ2) is 17.6. The van der Waals surface area contributed by atoms with Crippen LogP contribution in [0.4, 0.5) is 0 Å². The zero-order chi connectivity index (χ0) is 37.0. The number of benzene rings is 5. The van der Waals surface area contributed by atoms with E-state index < -0.39 is 0 Å². The van der Waals surface area contributed by atoms with Crippen molar-refractivity contribution in [3.63, 3.8) is 0 Å². The van der Waals surface area contributed by atoms with Gasteiger partial charge in [-0.05, 0) is 124 Å². The Morgan fingerprint density at radius 3 is 1.65 bits per heavy atom. The lowest BCUT2D eigenvalue weighted by molar-refractivity contribution is 1.39. The van der Waals surface area contributed by atoms with Gasteiger partial charge in [-0.3, -0.25) is 4.99 Å². The highest BCUT2D eigenvalue weighted by Crippen LogP contribution is 2.33. The summed E-state index contributed by atoms with van der Waals surface area (Å²) in [6.07, 6.45) is 16.1. The number of hydrogen-bond donors (Lipinski definition) is 0. The molecule has 0 fully saturated rings. The van der Waals surface area contributed by atoms with Crippen molar-refractivity contribution in [1.82, 2.24) is 0 Å². The molecule has 5 aromatic carbocycles. The lowest BCUT2D eigenvalue weighted by atomic mass is 9.91. The van der Waals surface area contributed by atoms with Gasteiger partial charge in [-0.2, -0.15) is 0 Å².